The molecule has 0 aliphatic carbocycles. The zero-order valence-electron chi connectivity index (χ0n) is 37.0. The summed E-state index contributed by atoms with van der Waals surface area (Å²) in [6, 6.07) is 80.4. The minimum Gasteiger partial charge on any atom is -0.308 e. The Balaban J connectivity index is 1.42. The zero-order valence-corrected chi connectivity index (χ0v) is 37.0. The average Bonchev–Trinajstić information content (AvgIpc) is 4.06. The Morgan fingerprint density at radius 1 is 0.304 bits per heavy atom. The molecule has 0 unspecified atom stereocenters. The molecule has 0 bridgehead atoms. The SMILES string of the molecule is [C-]#[N+]c1ccc(-c2c(-n3c4ccccc4c4ccccc43)c(-c3ccc(C#N)cc3)c(-n3c4ccccc4c4ccccc43)c(-c3ccc(C#N)cc3)c2-n2c3ccccc3c3ccccc32)cc1. The molecular weight excluding hydrogens is 841 g/mol. The van der Waals surface area contributed by atoms with Crippen LogP contribution in [0.4, 0.5) is 5.69 Å². The zero-order chi connectivity index (χ0) is 46.2. The van der Waals surface area contributed by atoms with Crippen LogP contribution in [0.15, 0.2) is 218 Å². The van der Waals surface area contributed by atoms with E-state index in [2.05, 4.69) is 213 Å². The molecule has 6 nitrogen and oxygen atoms in total. The quantitative estimate of drug-likeness (QED) is 0.156. The molecule has 0 saturated heterocycles. The molecule has 0 amide bonds. The number of nitriles is 2. The van der Waals surface area contributed by atoms with Gasteiger partial charge in [-0.2, -0.15) is 10.5 Å². The summed E-state index contributed by atoms with van der Waals surface area (Å²) < 4.78 is 7.31. The molecule has 0 aliphatic rings. The van der Waals surface area contributed by atoms with Crippen LogP contribution in [0.5, 0.6) is 0 Å². The van der Waals surface area contributed by atoms with Gasteiger partial charge in [-0.3, -0.25) is 0 Å². The van der Waals surface area contributed by atoms with Gasteiger partial charge in [-0.05, 0) is 77.4 Å². The summed E-state index contributed by atoms with van der Waals surface area (Å²) in [5.41, 5.74) is 16.1. The summed E-state index contributed by atoms with van der Waals surface area (Å²) in [6.07, 6.45) is 0. The van der Waals surface area contributed by atoms with Crippen LogP contribution in [0.2, 0.25) is 0 Å². The highest BCUT2D eigenvalue weighted by Crippen LogP contribution is 2.55. The number of benzene rings is 10. The van der Waals surface area contributed by atoms with Crippen molar-refractivity contribution in [3.8, 4) is 62.6 Å². The monoisotopic (exact) mass is 876 g/mol. The lowest BCUT2D eigenvalue weighted by Gasteiger charge is -2.31. The summed E-state index contributed by atoms with van der Waals surface area (Å²) in [5.74, 6) is 0. The molecule has 3 aromatic heterocycles. The maximum atomic E-state index is 10.3. The molecule has 13 aromatic rings. The lowest BCUT2D eigenvalue weighted by atomic mass is 9.85. The van der Waals surface area contributed by atoms with E-state index in [1.165, 1.54) is 0 Å². The van der Waals surface area contributed by atoms with Crippen molar-refractivity contribution >= 4 is 71.1 Å². The molecule has 0 atom stereocenters. The fraction of sp³-hybridized carbons (Fsp3) is 0. The number of nitrogens with zero attached hydrogens (tertiary/aromatic N) is 6. The van der Waals surface area contributed by atoms with Crippen molar-refractivity contribution in [1.29, 1.82) is 10.5 Å². The standard InChI is InChI=1S/C63H36N6/c1-66-45-36-34-44(35-37-45)60-62(68-54-22-10-4-16-48(54)49-17-5-11-23-55(49)68)58(42-30-26-40(38-64)27-31-42)61(67-52-20-8-2-14-46(52)47-15-3-9-21-53(47)67)59(43-32-28-41(39-65)29-33-43)63(60)69-56-24-12-6-18-50(56)51-19-7-13-25-57(51)69/h2-37H. The first-order valence-corrected chi connectivity index (χ1v) is 22.8. The van der Waals surface area contributed by atoms with Gasteiger partial charge in [0.1, 0.15) is 0 Å². The van der Waals surface area contributed by atoms with Gasteiger partial charge in [0, 0.05) is 49.0 Å². The van der Waals surface area contributed by atoms with Crippen molar-refractivity contribution in [2.24, 2.45) is 0 Å². The van der Waals surface area contributed by atoms with E-state index in [1.54, 1.807) is 0 Å². The van der Waals surface area contributed by atoms with Gasteiger partial charge in [-0.1, -0.05) is 158 Å². The lowest BCUT2D eigenvalue weighted by molar-refractivity contribution is 1.10. The molecule has 69 heavy (non-hydrogen) atoms. The predicted octanol–water partition coefficient (Wildman–Crippen LogP) is 16.3. The van der Waals surface area contributed by atoms with E-state index in [0.717, 1.165) is 116 Å². The Labute approximate surface area is 397 Å². The highest BCUT2D eigenvalue weighted by atomic mass is 15.1. The molecule has 3 heterocycles. The average molecular weight is 877 g/mol. The second-order valence-electron chi connectivity index (χ2n) is 17.3. The maximum Gasteiger partial charge on any atom is 0.187 e. The summed E-state index contributed by atoms with van der Waals surface area (Å²) >= 11 is 0. The van der Waals surface area contributed by atoms with Gasteiger partial charge < -0.3 is 13.7 Å². The van der Waals surface area contributed by atoms with Gasteiger partial charge in [-0.15, -0.1) is 0 Å². The fourth-order valence-electron chi connectivity index (χ4n) is 10.8. The molecule has 0 N–H and O–H groups in total. The van der Waals surface area contributed by atoms with E-state index >= 15 is 0 Å². The van der Waals surface area contributed by atoms with Crippen LogP contribution in [-0.2, 0) is 0 Å². The van der Waals surface area contributed by atoms with Crippen LogP contribution in [-0.4, -0.2) is 13.7 Å². The molecule has 10 aromatic carbocycles. The Hall–Kier alpha value is -9.93. The Morgan fingerprint density at radius 3 is 0.768 bits per heavy atom. The van der Waals surface area contributed by atoms with Crippen molar-refractivity contribution in [1.82, 2.24) is 13.7 Å². The summed E-state index contributed by atoms with van der Waals surface area (Å²) in [4.78, 5) is 3.87. The second kappa shape index (κ2) is 15.6. The van der Waals surface area contributed by atoms with Crippen LogP contribution < -0.4 is 0 Å². The molecule has 0 saturated carbocycles. The lowest BCUT2D eigenvalue weighted by Crippen LogP contribution is -2.13. The first-order valence-electron chi connectivity index (χ1n) is 22.8. The third-order valence-corrected chi connectivity index (χ3v) is 13.7. The minimum atomic E-state index is 0.539. The Bertz CT molecular complexity index is 3740. The molecular formula is C63H36N6. The number of rotatable bonds is 6. The van der Waals surface area contributed by atoms with Gasteiger partial charge in [0.25, 0.3) is 0 Å². The molecule has 6 heteroatoms. The third kappa shape index (κ3) is 5.89. The smallest absolute Gasteiger partial charge is 0.187 e. The van der Waals surface area contributed by atoms with Crippen molar-refractivity contribution in [3.63, 3.8) is 0 Å². The van der Waals surface area contributed by atoms with Gasteiger partial charge in [0.15, 0.2) is 5.69 Å². The van der Waals surface area contributed by atoms with Gasteiger partial charge in [0.2, 0.25) is 0 Å². The van der Waals surface area contributed by atoms with Gasteiger partial charge in [-0.25, -0.2) is 4.85 Å². The molecule has 0 fully saturated rings. The van der Waals surface area contributed by atoms with Gasteiger partial charge >= 0.3 is 0 Å². The maximum absolute atomic E-state index is 10.3. The topological polar surface area (TPSA) is 66.7 Å². The number of hydrogen-bond donors (Lipinski definition) is 0. The van der Waals surface area contributed by atoms with Crippen molar-refractivity contribution in [2.45, 2.75) is 0 Å². The number of para-hydroxylation sites is 6. The number of aromatic nitrogens is 3. The summed E-state index contributed by atoms with van der Waals surface area (Å²) in [6.45, 7) is 8.06. The molecule has 318 valence electrons. The largest absolute Gasteiger partial charge is 0.308 e. The Kier molecular flexibility index (Phi) is 8.92. The third-order valence-electron chi connectivity index (χ3n) is 13.7. The highest BCUT2D eigenvalue weighted by molar-refractivity contribution is 6.18. The fourth-order valence-corrected chi connectivity index (χ4v) is 10.8. The molecule has 0 spiro atoms. The van der Waals surface area contributed by atoms with Crippen LogP contribution in [0.25, 0.3) is 121 Å². The van der Waals surface area contributed by atoms with Crippen LogP contribution in [0.3, 0.4) is 0 Å². The first kappa shape index (κ1) is 39.4. The normalized spacial score (nSPS) is 11.4. The van der Waals surface area contributed by atoms with E-state index in [1.807, 2.05) is 36.4 Å². The predicted molar refractivity (Wildman–Crippen MR) is 281 cm³/mol. The highest BCUT2D eigenvalue weighted by Gasteiger charge is 2.34. The first-order chi connectivity index (χ1) is 34.1. The molecule has 13 rings (SSSR count). The number of fused-ring (bicyclic) bond motifs is 9. The van der Waals surface area contributed by atoms with Gasteiger partial charge in [0.05, 0.1) is 80.0 Å². The second-order valence-corrected chi connectivity index (χ2v) is 17.3. The van der Waals surface area contributed by atoms with E-state index in [0.29, 0.717) is 16.8 Å². The van der Waals surface area contributed by atoms with Crippen LogP contribution in [0, 0.1) is 29.2 Å². The van der Waals surface area contributed by atoms with Crippen molar-refractivity contribution in [3.05, 3.63) is 241 Å². The summed E-state index contributed by atoms with van der Waals surface area (Å²) in [5, 5.41) is 27.2. The summed E-state index contributed by atoms with van der Waals surface area (Å²) in [7, 11) is 0. The molecule has 0 radical (unpaired) electrons. The van der Waals surface area contributed by atoms with Crippen LogP contribution in [0.1, 0.15) is 11.1 Å². The van der Waals surface area contributed by atoms with E-state index in [4.69, 9.17) is 6.57 Å². The minimum absolute atomic E-state index is 0.539. The molecule has 0 aliphatic heterocycles. The van der Waals surface area contributed by atoms with E-state index in [9.17, 15) is 10.5 Å². The van der Waals surface area contributed by atoms with E-state index in [-0.39, 0.29) is 0 Å². The van der Waals surface area contributed by atoms with E-state index < -0.39 is 0 Å². The van der Waals surface area contributed by atoms with Crippen LogP contribution >= 0.6 is 0 Å². The Morgan fingerprint density at radius 2 is 0.536 bits per heavy atom. The number of hydrogen-bond acceptors (Lipinski definition) is 2. The van der Waals surface area contributed by atoms with Crippen molar-refractivity contribution < 1.29 is 0 Å². The van der Waals surface area contributed by atoms with Crippen molar-refractivity contribution in [2.75, 3.05) is 0 Å².